The topological polar surface area (TPSA) is 102 Å². The van der Waals surface area contributed by atoms with Crippen LogP contribution >= 0.6 is 0 Å². The van der Waals surface area contributed by atoms with Crippen LogP contribution in [0.15, 0.2) is 61.7 Å². The number of esters is 1. The summed E-state index contributed by atoms with van der Waals surface area (Å²) in [7, 11) is 4.77. The molecule has 0 N–H and O–H groups in total. The number of methoxy groups -OCH3 is 3. The molecule has 50 heavy (non-hydrogen) atoms. The lowest BCUT2D eigenvalue weighted by Crippen LogP contribution is -2.52. The lowest BCUT2D eigenvalue weighted by molar-refractivity contribution is -0.164. The molecular formula is C40H55NO9. The van der Waals surface area contributed by atoms with Crippen LogP contribution in [0.5, 0.6) is 23.0 Å². The van der Waals surface area contributed by atoms with Gasteiger partial charge in [-0.2, -0.15) is 0 Å². The summed E-state index contributed by atoms with van der Waals surface area (Å²) >= 11 is 0. The summed E-state index contributed by atoms with van der Waals surface area (Å²) in [6.45, 7) is 9.68. The van der Waals surface area contributed by atoms with Gasteiger partial charge in [0, 0.05) is 13.0 Å². The van der Waals surface area contributed by atoms with Gasteiger partial charge in [-0.1, -0.05) is 43.5 Å². The van der Waals surface area contributed by atoms with Gasteiger partial charge in [0.05, 0.1) is 53.7 Å². The molecule has 1 aliphatic heterocycles. The van der Waals surface area contributed by atoms with Crippen LogP contribution in [0.4, 0.5) is 0 Å². The second kappa shape index (κ2) is 20.6. The number of benzene rings is 2. The first-order valence-electron chi connectivity index (χ1n) is 17.8. The zero-order valence-electron chi connectivity index (χ0n) is 30.1. The maximum atomic E-state index is 14.8. The molecule has 2 fully saturated rings. The molecule has 3 atom stereocenters. The fraction of sp³-hybridized carbons (Fsp3) is 0.550. The molecule has 4 rings (SSSR count). The Morgan fingerprint density at radius 3 is 2.28 bits per heavy atom. The Labute approximate surface area is 297 Å². The van der Waals surface area contributed by atoms with Crippen molar-refractivity contribution >= 4 is 11.9 Å². The highest BCUT2D eigenvalue weighted by Gasteiger charge is 2.41. The fourth-order valence-corrected chi connectivity index (χ4v) is 6.93. The van der Waals surface area contributed by atoms with Crippen LogP contribution < -0.4 is 18.9 Å². The van der Waals surface area contributed by atoms with E-state index in [1.165, 1.54) is 0 Å². The number of carbonyl (C=O) groups is 2. The third kappa shape index (κ3) is 10.7. The SMILES string of the molecule is C=CCOCCOc1cc([C@@H](C(=O)N2CCCC[C@H]2C(=O)O[C@H](CC=C)COCc2ccc(OC)cc2)C2CCCCC2)cc(OC)c1OC. The monoisotopic (exact) mass is 693 g/mol. The molecular weight excluding hydrogens is 638 g/mol. The first kappa shape index (κ1) is 38.8. The third-order valence-electron chi connectivity index (χ3n) is 9.44. The standard InChI is InChI=1S/C40H55NO9/c1-6-13-33(28-48-27-29-17-19-32(44-3)20-18-29)50-40(43)34-16-11-12-21-41(34)39(42)37(30-14-9-8-10-15-30)31-25-35(45-4)38(46-5)36(26-31)49-24-23-47-22-7-2/h6-7,17-20,25-26,30,33-34,37H,1-2,8-16,21-24,27-28H2,3-5H3/t33-,34+,37+/m1/s1. The summed E-state index contributed by atoms with van der Waals surface area (Å²) in [5, 5.41) is 0. The van der Waals surface area contributed by atoms with E-state index in [1.54, 1.807) is 38.4 Å². The zero-order chi connectivity index (χ0) is 35.7. The minimum absolute atomic E-state index is 0.0675. The Bertz CT molecular complexity index is 1370. The summed E-state index contributed by atoms with van der Waals surface area (Å²) in [5.74, 6) is 1.34. The van der Waals surface area contributed by atoms with E-state index in [0.29, 0.717) is 56.5 Å². The second-order valence-corrected chi connectivity index (χ2v) is 12.8. The molecule has 10 nitrogen and oxygen atoms in total. The van der Waals surface area contributed by atoms with Crippen molar-refractivity contribution in [3.63, 3.8) is 0 Å². The number of ether oxygens (including phenoxy) is 7. The molecule has 0 bridgehead atoms. The molecule has 2 aromatic carbocycles. The van der Waals surface area contributed by atoms with Crippen LogP contribution in [0.25, 0.3) is 0 Å². The van der Waals surface area contributed by atoms with Gasteiger partial charge in [-0.3, -0.25) is 4.79 Å². The van der Waals surface area contributed by atoms with Gasteiger partial charge < -0.3 is 38.1 Å². The first-order valence-corrected chi connectivity index (χ1v) is 17.8. The lowest BCUT2D eigenvalue weighted by Gasteiger charge is -2.39. The maximum absolute atomic E-state index is 14.8. The number of nitrogens with zero attached hydrogens (tertiary/aromatic N) is 1. The molecule has 1 heterocycles. The molecule has 274 valence electrons. The number of hydrogen-bond acceptors (Lipinski definition) is 9. The van der Waals surface area contributed by atoms with E-state index >= 15 is 0 Å². The van der Waals surface area contributed by atoms with E-state index in [0.717, 1.165) is 61.8 Å². The van der Waals surface area contributed by atoms with Crippen molar-refractivity contribution < 1.29 is 42.7 Å². The average Bonchev–Trinajstić information content (AvgIpc) is 3.15. The summed E-state index contributed by atoms with van der Waals surface area (Å²) in [6.07, 6.45) is 10.6. The van der Waals surface area contributed by atoms with Crippen molar-refractivity contribution in [2.45, 2.75) is 82.5 Å². The van der Waals surface area contributed by atoms with E-state index in [2.05, 4.69) is 13.2 Å². The maximum Gasteiger partial charge on any atom is 0.329 e. The Morgan fingerprint density at radius 2 is 1.60 bits per heavy atom. The van der Waals surface area contributed by atoms with Crippen molar-refractivity contribution in [3.8, 4) is 23.0 Å². The summed E-state index contributed by atoms with van der Waals surface area (Å²) < 4.78 is 40.3. The molecule has 2 aliphatic rings. The fourth-order valence-electron chi connectivity index (χ4n) is 6.93. The van der Waals surface area contributed by atoms with Crippen LogP contribution in [0.3, 0.4) is 0 Å². The van der Waals surface area contributed by atoms with Crippen LogP contribution in [0.1, 0.15) is 74.8 Å². The first-order chi connectivity index (χ1) is 24.4. The van der Waals surface area contributed by atoms with Crippen LogP contribution in [0, 0.1) is 5.92 Å². The van der Waals surface area contributed by atoms with Gasteiger partial charge in [-0.15, -0.1) is 13.2 Å². The molecule has 1 saturated carbocycles. The highest BCUT2D eigenvalue weighted by Crippen LogP contribution is 2.45. The molecule has 0 aromatic heterocycles. The van der Waals surface area contributed by atoms with Gasteiger partial charge in [0.25, 0.3) is 0 Å². The smallest absolute Gasteiger partial charge is 0.329 e. The Kier molecular flexibility index (Phi) is 16.0. The molecule has 2 aromatic rings. The van der Waals surface area contributed by atoms with Gasteiger partial charge >= 0.3 is 5.97 Å². The number of hydrogen-bond donors (Lipinski definition) is 0. The minimum atomic E-state index is -0.686. The quantitative estimate of drug-likeness (QED) is 0.0821. The largest absolute Gasteiger partial charge is 0.497 e. The third-order valence-corrected chi connectivity index (χ3v) is 9.44. The van der Waals surface area contributed by atoms with Gasteiger partial charge in [-0.05, 0) is 73.4 Å². The van der Waals surface area contributed by atoms with Gasteiger partial charge in [0.1, 0.15) is 24.5 Å². The predicted molar refractivity (Wildman–Crippen MR) is 192 cm³/mol. The van der Waals surface area contributed by atoms with Crippen LogP contribution in [0.2, 0.25) is 0 Å². The highest BCUT2D eigenvalue weighted by atomic mass is 16.6. The molecule has 0 unspecified atom stereocenters. The predicted octanol–water partition coefficient (Wildman–Crippen LogP) is 7.04. The molecule has 0 radical (unpaired) electrons. The zero-order valence-corrected chi connectivity index (χ0v) is 30.1. The van der Waals surface area contributed by atoms with E-state index in [4.69, 9.17) is 33.2 Å². The normalized spacial score (nSPS) is 17.7. The van der Waals surface area contributed by atoms with Crippen molar-refractivity contribution in [1.29, 1.82) is 0 Å². The number of carbonyl (C=O) groups excluding carboxylic acids is 2. The average molecular weight is 694 g/mol. The summed E-state index contributed by atoms with van der Waals surface area (Å²) in [6, 6.07) is 10.7. The molecule has 1 amide bonds. The van der Waals surface area contributed by atoms with Gasteiger partial charge in [0.2, 0.25) is 11.7 Å². The van der Waals surface area contributed by atoms with E-state index in [-0.39, 0.29) is 25.0 Å². The van der Waals surface area contributed by atoms with E-state index < -0.39 is 24.0 Å². The van der Waals surface area contributed by atoms with E-state index in [9.17, 15) is 9.59 Å². The van der Waals surface area contributed by atoms with Crippen LogP contribution in [-0.2, 0) is 30.4 Å². The van der Waals surface area contributed by atoms with Crippen LogP contribution in [-0.4, -0.2) is 83.2 Å². The number of piperidine rings is 1. The Morgan fingerprint density at radius 1 is 0.860 bits per heavy atom. The highest BCUT2D eigenvalue weighted by molar-refractivity contribution is 5.89. The number of rotatable bonds is 20. The van der Waals surface area contributed by atoms with Crippen molar-refractivity contribution in [2.24, 2.45) is 5.92 Å². The molecule has 0 spiro atoms. The van der Waals surface area contributed by atoms with Crippen molar-refractivity contribution in [1.82, 2.24) is 4.90 Å². The molecule has 1 saturated heterocycles. The summed E-state index contributed by atoms with van der Waals surface area (Å²) in [4.78, 5) is 30.5. The van der Waals surface area contributed by atoms with E-state index in [1.807, 2.05) is 36.4 Å². The second-order valence-electron chi connectivity index (χ2n) is 12.8. The Balaban J connectivity index is 1.54. The van der Waals surface area contributed by atoms with Crippen molar-refractivity contribution in [2.75, 3.05) is 54.3 Å². The van der Waals surface area contributed by atoms with Gasteiger partial charge in [0.15, 0.2) is 11.5 Å². The Hall–Kier alpha value is -4.02. The van der Waals surface area contributed by atoms with Crippen molar-refractivity contribution in [3.05, 3.63) is 72.8 Å². The summed E-state index contributed by atoms with van der Waals surface area (Å²) in [5.41, 5.74) is 1.77. The number of likely N-dealkylation sites (tertiary alicyclic amines) is 1. The molecule has 10 heteroatoms. The lowest BCUT2D eigenvalue weighted by atomic mass is 9.75. The minimum Gasteiger partial charge on any atom is -0.497 e. The molecule has 1 aliphatic carbocycles. The number of amides is 1. The van der Waals surface area contributed by atoms with Gasteiger partial charge in [-0.25, -0.2) is 4.79 Å².